The molecule has 0 radical (unpaired) electrons. The first kappa shape index (κ1) is 12.0. The Morgan fingerprint density at radius 2 is 2.00 bits per heavy atom. The fourth-order valence-corrected chi connectivity index (χ4v) is 2.94. The normalized spacial score (nSPS) is 10.4. The third kappa shape index (κ3) is 2.78. The van der Waals surface area contributed by atoms with Crippen LogP contribution in [0.25, 0.3) is 0 Å². The van der Waals surface area contributed by atoms with Gasteiger partial charge in [0.15, 0.2) is 0 Å². The maximum atomic E-state index is 5.70. The van der Waals surface area contributed by atoms with Crippen molar-refractivity contribution < 1.29 is 4.74 Å². The fourth-order valence-electron chi connectivity index (χ4n) is 1.20. The Morgan fingerprint density at radius 3 is 2.69 bits per heavy atom. The Hall–Kier alpha value is -0.520. The van der Waals surface area contributed by atoms with Crippen LogP contribution < -0.4 is 10.5 Å². The van der Waals surface area contributed by atoms with Crippen LogP contribution in [-0.4, -0.2) is 0 Å². The van der Waals surface area contributed by atoms with E-state index in [0.29, 0.717) is 12.3 Å². The van der Waals surface area contributed by atoms with Crippen LogP contribution in [0.15, 0.2) is 38.6 Å². The molecular weight excluding hydrogens is 354 g/mol. The Morgan fingerprint density at radius 1 is 1.19 bits per heavy atom. The first-order valence-corrected chi connectivity index (χ1v) is 7.03. The number of nitrogen functional groups attached to an aromatic ring is 1. The smallest absolute Gasteiger partial charge is 0.136 e. The number of nitrogens with two attached hydrogens (primary N) is 1. The van der Waals surface area contributed by atoms with Crippen LogP contribution in [0, 0.1) is 0 Å². The van der Waals surface area contributed by atoms with Gasteiger partial charge in [0.25, 0.3) is 0 Å². The van der Waals surface area contributed by atoms with Crippen LogP contribution >= 0.6 is 43.2 Å². The molecule has 0 unspecified atom stereocenters. The van der Waals surface area contributed by atoms with Crippen LogP contribution in [0.3, 0.4) is 0 Å². The van der Waals surface area contributed by atoms with Crippen LogP contribution in [-0.2, 0) is 6.61 Å². The van der Waals surface area contributed by atoms with Gasteiger partial charge in [-0.15, -0.1) is 11.3 Å². The monoisotopic (exact) mass is 361 g/mol. The van der Waals surface area contributed by atoms with Gasteiger partial charge in [0.2, 0.25) is 0 Å². The van der Waals surface area contributed by atoms with Crippen molar-refractivity contribution in [2.45, 2.75) is 6.61 Å². The van der Waals surface area contributed by atoms with Gasteiger partial charge in [0.1, 0.15) is 12.4 Å². The number of halogens is 2. The highest BCUT2D eigenvalue weighted by atomic mass is 79.9. The Balaban J connectivity index is 2.10. The molecular formula is C11H9Br2NOS. The predicted octanol–water partition coefficient (Wildman–Crippen LogP) is 4.43. The number of ether oxygens (including phenoxy) is 1. The van der Waals surface area contributed by atoms with E-state index in [0.717, 1.165) is 19.6 Å². The molecule has 16 heavy (non-hydrogen) atoms. The zero-order valence-electron chi connectivity index (χ0n) is 8.24. The Labute approximate surface area is 115 Å². The highest BCUT2D eigenvalue weighted by molar-refractivity contribution is 9.10. The summed E-state index contributed by atoms with van der Waals surface area (Å²) >= 11 is 8.55. The fraction of sp³-hybridized carbons (Fsp3) is 0.0909. The molecule has 0 fully saturated rings. The van der Waals surface area contributed by atoms with E-state index < -0.39 is 0 Å². The minimum Gasteiger partial charge on any atom is -0.487 e. The molecule has 5 heteroatoms. The molecule has 0 saturated heterocycles. The first-order valence-electron chi connectivity index (χ1n) is 4.56. The molecule has 0 spiro atoms. The molecule has 2 nitrogen and oxygen atoms in total. The summed E-state index contributed by atoms with van der Waals surface area (Å²) in [6, 6.07) is 7.54. The number of rotatable bonds is 3. The van der Waals surface area contributed by atoms with E-state index in [4.69, 9.17) is 10.5 Å². The van der Waals surface area contributed by atoms with Gasteiger partial charge in [-0.25, -0.2) is 0 Å². The quantitative estimate of drug-likeness (QED) is 0.819. The second-order valence-electron chi connectivity index (χ2n) is 3.17. The largest absolute Gasteiger partial charge is 0.487 e. The number of thiophene rings is 1. The van der Waals surface area contributed by atoms with E-state index in [2.05, 4.69) is 31.9 Å². The van der Waals surface area contributed by atoms with Gasteiger partial charge in [-0.2, -0.15) is 0 Å². The second-order valence-corrected chi connectivity index (χ2v) is 5.88. The van der Waals surface area contributed by atoms with Crippen molar-refractivity contribution in [2.75, 3.05) is 5.73 Å². The molecule has 0 aliphatic carbocycles. The van der Waals surface area contributed by atoms with Gasteiger partial charge in [0, 0.05) is 16.2 Å². The summed E-state index contributed by atoms with van der Waals surface area (Å²) in [5.41, 5.74) is 6.40. The first-order chi connectivity index (χ1) is 7.66. The summed E-state index contributed by atoms with van der Waals surface area (Å²) in [6.07, 6.45) is 0. The van der Waals surface area contributed by atoms with Gasteiger partial charge in [-0.1, -0.05) is 0 Å². The predicted molar refractivity (Wildman–Crippen MR) is 74.9 cm³/mol. The lowest BCUT2D eigenvalue weighted by atomic mass is 10.3. The number of anilines is 1. The molecule has 1 aromatic heterocycles. The second kappa shape index (κ2) is 5.21. The molecule has 2 aromatic rings. The van der Waals surface area contributed by atoms with Gasteiger partial charge in [-0.05, 0) is 55.4 Å². The zero-order chi connectivity index (χ0) is 11.5. The van der Waals surface area contributed by atoms with Crippen molar-refractivity contribution in [3.8, 4) is 5.75 Å². The highest BCUT2D eigenvalue weighted by Crippen LogP contribution is 2.29. The molecule has 2 N–H and O–H groups in total. The lowest BCUT2D eigenvalue weighted by Crippen LogP contribution is -1.95. The molecule has 0 bridgehead atoms. The molecule has 0 amide bonds. The Kier molecular flexibility index (Phi) is 3.89. The molecule has 0 atom stereocenters. The minimum absolute atomic E-state index is 0.542. The van der Waals surface area contributed by atoms with Crippen molar-refractivity contribution in [3.05, 3.63) is 43.5 Å². The average Bonchev–Trinajstić information content (AvgIpc) is 2.66. The van der Waals surface area contributed by atoms with Crippen LogP contribution in [0.5, 0.6) is 5.75 Å². The molecule has 2 rings (SSSR count). The minimum atomic E-state index is 0.542. The summed E-state index contributed by atoms with van der Waals surface area (Å²) in [4.78, 5) is 1.16. The maximum absolute atomic E-state index is 5.70. The maximum Gasteiger partial charge on any atom is 0.136 e. The van der Waals surface area contributed by atoms with Gasteiger partial charge >= 0.3 is 0 Å². The molecule has 0 saturated carbocycles. The van der Waals surface area contributed by atoms with Crippen molar-refractivity contribution in [2.24, 2.45) is 0 Å². The average molecular weight is 363 g/mol. The van der Waals surface area contributed by atoms with Crippen LogP contribution in [0.2, 0.25) is 0 Å². The molecule has 84 valence electrons. The van der Waals surface area contributed by atoms with Crippen molar-refractivity contribution in [1.82, 2.24) is 0 Å². The molecule has 0 aliphatic heterocycles. The van der Waals surface area contributed by atoms with Gasteiger partial charge < -0.3 is 10.5 Å². The van der Waals surface area contributed by atoms with Crippen molar-refractivity contribution in [1.29, 1.82) is 0 Å². The van der Waals surface area contributed by atoms with E-state index in [-0.39, 0.29) is 0 Å². The summed E-state index contributed by atoms with van der Waals surface area (Å²) in [5, 5.41) is 2.02. The van der Waals surface area contributed by atoms with Crippen molar-refractivity contribution >= 4 is 48.9 Å². The number of hydrogen-bond donors (Lipinski definition) is 1. The molecule has 1 aromatic carbocycles. The number of hydrogen-bond acceptors (Lipinski definition) is 3. The summed E-state index contributed by atoms with van der Waals surface area (Å²) in [6.45, 7) is 0.542. The lowest BCUT2D eigenvalue weighted by Gasteiger charge is -2.08. The van der Waals surface area contributed by atoms with E-state index in [1.54, 1.807) is 11.3 Å². The standard InChI is InChI=1S/C11H9Br2NOS/c12-8-2-1-7(14)5-10(8)15-6-11-9(13)3-4-16-11/h1-5H,6,14H2. The zero-order valence-corrected chi connectivity index (χ0v) is 12.2. The molecule has 0 aliphatic rings. The third-order valence-electron chi connectivity index (χ3n) is 2.01. The van der Waals surface area contributed by atoms with Crippen molar-refractivity contribution in [3.63, 3.8) is 0 Å². The lowest BCUT2D eigenvalue weighted by molar-refractivity contribution is 0.307. The van der Waals surface area contributed by atoms with Gasteiger partial charge in [0.05, 0.1) is 9.35 Å². The van der Waals surface area contributed by atoms with Crippen LogP contribution in [0.1, 0.15) is 4.88 Å². The van der Waals surface area contributed by atoms with Crippen LogP contribution in [0.4, 0.5) is 5.69 Å². The van der Waals surface area contributed by atoms with Gasteiger partial charge in [-0.3, -0.25) is 0 Å². The summed E-state index contributed by atoms with van der Waals surface area (Å²) in [7, 11) is 0. The van der Waals surface area contributed by atoms with E-state index in [9.17, 15) is 0 Å². The Bertz CT molecular complexity index is 498. The van der Waals surface area contributed by atoms with E-state index in [1.807, 2.05) is 29.6 Å². The summed E-state index contributed by atoms with van der Waals surface area (Å²) < 4.78 is 7.69. The SMILES string of the molecule is Nc1ccc(Br)c(OCc2sccc2Br)c1. The third-order valence-corrected chi connectivity index (χ3v) is 4.56. The summed E-state index contributed by atoms with van der Waals surface area (Å²) in [5.74, 6) is 0.764. The van der Waals surface area contributed by atoms with E-state index >= 15 is 0 Å². The van der Waals surface area contributed by atoms with E-state index in [1.165, 1.54) is 0 Å². The topological polar surface area (TPSA) is 35.2 Å². The highest BCUT2D eigenvalue weighted by Gasteiger charge is 2.05. The number of benzene rings is 1. The molecule has 1 heterocycles.